The molecule has 0 saturated carbocycles. The van der Waals surface area contributed by atoms with Crippen LogP contribution in [-0.4, -0.2) is 14.9 Å². The van der Waals surface area contributed by atoms with Crippen molar-refractivity contribution in [2.75, 3.05) is 6.61 Å². The summed E-state index contributed by atoms with van der Waals surface area (Å²) in [7, 11) is -1.55. The van der Waals surface area contributed by atoms with Gasteiger partial charge in [-0.25, -0.2) is 4.39 Å². The number of benzene rings is 1. The first-order valence-electron chi connectivity index (χ1n) is 5.58. The van der Waals surface area contributed by atoms with Crippen LogP contribution in [0, 0.1) is 25.8 Å². The molecule has 4 nitrogen and oxygen atoms in total. The van der Waals surface area contributed by atoms with E-state index in [-0.39, 0.29) is 23.2 Å². The summed E-state index contributed by atoms with van der Waals surface area (Å²) in [6.07, 6.45) is 0. The zero-order valence-corrected chi connectivity index (χ0v) is 14.9. The standard InChI is InChI=1S/C12H17FOSi.3CO.Cr/c1-10(9-14-15(2,3)4)11-7-5-6-8-12(11)13;3*1-2;/h5-8H,1,9H2,2-4H3;;;;. The maximum Gasteiger partial charge on any atom is 0 e. The number of rotatable bonds is 4. The Kier molecular flexibility index (Phi) is 23.5. The first kappa shape index (κ1) is 28.9. The molecular formula is C15H17CrFO4Si. The van der Waals surface area contributed by atoms with Crippen LogP contribution in [-0.2, 0) is 35.7 Å². The average Bonchev–Trinajstić information content (AvgIpc) is 2.51. The molecule has 0 saturated heterocycles. The molecule has 0 fully saturated rings. The van der Waals surface area contributed by atoms with Crippen LogP contribution >= 0.6 is 0 Å². The maximum absolute atomic E-state index is 13.4. The van der Waals surface area contributed by atoms with E-state index in [0.29, 0.717) is 17.7 Å². The van der Waals surface area contributed by atoms with Crippen molar-refractivity contribution in [3.8, 4) is 0 Å². The fourth-order valence-corrected chi connectivity index (χ4v) is 1.74. The number of halogens is 1. The van der Waals surface area contributed by atoms with Crippen molar-refractivity contribution in [3.05, 3.63) is 62.2 Å². The second kappa shape index (κ2) is 17.9. The number of hydrogen-bond donors (Lipinski definition) is 0. The molecule has 0 N–H and O–H groups in total. The van der Waals surface area contributed by atoms with E-state index in [1.54, 1.807) is 18.2 Å². The van der Waals surface area contributed by atoms with Gasteiger partial charge in [-0.2, -0.15) is 0 Å². The third-order valence-corrected chi connectivity index (χ3v) is 2.94. The second-order valence-corrected chi connectivity index (χ2v) is 9.00. The van der Waals surface area contributed by atoms with E-state index in [2.05, 4.69) is 46.2 Å². The Morgan fingerprint density at radius 2 is 1.50 bits per heavy atom. The minimum absolute atomic E-state index is 0. The quantitative estimate of drug-likeness (QED) is 0.460. The van der Waals surface area contributed by atoms with Crippen LogP contribution in [0.1, 0.15) is 5.56 Å². The van der Waals surface area contributed by atoms with Crippen LogP contribution in [0.4, 0.5) is 4.39 Å². The molecule has 0 amide bonds. The first-order valence-corrected chi connectivity index (χ1v) is 8.99. The molecule has 1 aromatic rings. The van der Waals surface area contributed by atoms with E-state index in [4.69, 9.17) is 18.4 Å². The molecule has 118 valence electrons. The van der Waals surface area contributed by atoms with Crippen molar-refractivity contribution in [2.45, 2.75) is 19.6 Å². The molecule has 0 atom stereocenters. The fourth-order valence-electron chi connectivity index (χ4n) is 1.13. The van der Waals surface area contributed by atoms with Gasteiger partial charge in [0.15, 0.2) is 8.32 Å². The van der Waals surface area contributed by atoms with Gasteiger partial charge in [0, 0.05) is 22.9 Å². The molecule has 0 unspecified atom stereocenters. The summed E-state index contributed by atoms with van der Waals surface area (Å²) in [5.41, 5.74) is 1.26. The molecule has 1 aromatic carbocycles. The Morgan fingerprint density at radius 3 is 1.86 bits per heavy atom. The Hall–Kier alpha value is -1.18. The molecule has 22 heavy (non-hydrogen) atoms. The Labute approximate surface area is 142 Å². The Balaban J connectivity index is -0.000000206. The van der Waals surface area contributed by atoms with E-state index >= 15 is 0 Å². The van der Waals surface area contributed by atoms with Gasteiger partial charge in [0.2, 0.25) is 0 Å². The second-order valence-electron chi connectivity index (χ2n) is 4.48. The van der Waals surface area contributed by atoms with Gasteiger partial charge in [-0.3, -0.25) is 0 Å². The van der Waals surface area contributed by atoms with Crippen molar-refractivity contribution in [1.29, 1.82) is 0 Å². The monoisotopic (exact) mass is 360 g/mol. The zero-order chi connectivity index (χ0) is 17.5. The van der Waals surface area contributed by atoms with Crippen LogP contribution in [0.15, 0.2) is 30.8 Å². The fraction of sp³-hybridized carbons (Fsp3) is 0.267. The Bertz CT molecular complexity index is 464. The normalized spacial score (nSPS) is 8.09. The van der Waals surface area contributed by atoms with Crippen molar-refractivity contribution in [3.63, 3.8) is 0 Å². The molecular weight excluding hydrogens is 343 g/mol. The minimum atomic E-state index is -1.55. The molecule has 0 heterocycles. The SMILES string of the molecule is C=C(CO[Si](C)(C)C)c1ccccc1F.[C-]#[O+].[C-]#[O+].[C-]#[O+].[Cr]. The van der Waals surface area contributed by atoms with Gasteiger partial charge >= 0.3 is 33.9 Å². The molecule has 0 bridgehead atoms. The molecule has 0 aromatic heterocycles. The largest absolute Gasteiger partial charge is 0 e. The van der Waals surface area contributed by atoms with Crippen molar-refractivity contribution in [2.24, 2.45) is 0 Å². The van der Waals surface area contributed by atoms with E-state index in [1.807, 2.05) is 0 Å². The van der Waals surface area contributed by atoms with Crippen LogP contribution in [0.5, 0.6) is 0 Å². The topological polar surface area (TPSA) is 68.9 Å². The predicted octanol–water partition coefficient (Wildman–Crippen LogP) is 3.58. The van der Waals surface area contributed by atoms with Gasteiger partial charge in [-0.05, 0) is 31.3 Å². The summed E-state index contributed by atoms with van der Waals surface area (Å²) < 4.78 is 41.5. The summed E-state index contributed by atoms with van der Waals surface area (Å²) in [5.74, 6) is -0.235. The molecule has 0 spiro atoms. The van der Waals surface area contributed by atoms with Gasteiger partial charge in [0.1, 0.15) is 5.82 Å². The van der Waals surface area contributed by atoms with Gasteiger partial charge in [-0.15, -0.1) is 0 Å². The average molecular weight is 360 g/mol. The van der Waals surface area contributed by atoms with E-state index in [1.165, 1.54) is 6.07 Å². The van der Waals surface area contributed by atoms with E-state index < -0.39 is 8.32 Å². The van der Waals surface area contributed by atoms with E-state index in [9.17, 15) is 4.39 Å². The third kappa shape index (κ3) is 15.2. The summed E-state index contributed by atoms with van der Waals surface area (Å²) in [4.78, 5) is 0. The summed E-state index contributed by atoms with van der Waals surface area (Å²) in [6, 6.07) is 6.64. The smallest absolute Gasteiger partial charge is 0 e. The maximum atomic E-state index is 13.4. The van der Waals surface area contributed by atoms with Gasteiger partial charge in [0.05, 0.1) is 6.61 Å². The minimum Gasteiger partial charge on any atom is 0 e. The predicted molar refractivity (Wildman–Crippen MR) is 76.5 cm³/mol. The zero-order valence-electron chi connectivity index (χ0n) is 12.6. The molecule has 0 aliphatic heterocycles. The molecule has 0 aliphatic carbocycles. The summed E-state index contributed by atoms with van der Waals surface area (Å²) >= 11 is 0. The summed E-state index contributed by atoms with van der Waals surface area (Å²) in [6.45, 7) is 24.1. The van der Waals surface area contributed by atoms with Crippen molar-refractivity contribution in [1.82, 2.24) is 0 Å². The number of hydrogen-bond acceptors (Lipinski definition) is 1. The van der Waals surface area contributed by atoms with Crippen LogP contribution in [0.2, 0.25) is 19.6 Å². The molecule has 0 aliphatic rings. The Morgan fingerprint density at radius 1 is 1.09 bits per heavy atom. The van der Waals surface area contributed by atoms with Crippen molar-refractivity contribution < 1.29 is 40.1 Å². The van der Waals surface area contributed by atoms with E-state index in [0.717, 1.165) is 0 Å². The summed E-state index contributed by atoms with van der Waals surface area (Å²) in [5, 5.41) is 0. The third-order valence-electron chi connectivity index (χ3n) is 1.93. The van der Waals surface area contributed by atoms with Gasteiger partial charge in [-0.1, -0.05) is 24.8 Å². The van der Waals surface area contributed by atoms with Crippen molar-refractivity contribution >= 4 is 13.9 Å². The van der Waals surface area contributed by atoms with Crippen LogP contribution < -0.4 is 0 Å². The molecule has 0 radical (unpaired) electrons. The van der Waals surface area contributed by atoms with Crippen LogP contribution in [0.25, 0.3) is 5.57 Å². The molecule has 1 rings (SSSR count). The first-order chi connectivity index (χ1) is 9.90. The van der Waals surface area contributed by atoms with Gasteiger partial charge in [0.25, 0.3) is 0 Å². The molecule has 7 heteroatoms. The van der Waals surface area contributed by atoms with Gasteiger partial charge < -0.3 is 4.43 Å². The van der Waals surface area contributed by atoms with Crippen LogP contribution in [0.3, 0.4) is 0 Å².